The Hall–Kier alpha value is -3.66. The molecule has 1 aliphatic heterocycles. The third-order valence-corrected chi connectivity index (χ3v) is 6.34. The standard InChI is InChI=1S/C23H25N5O4S/c1-4-13(2)19(25-22(30)24-16-8-6-5-7-14(16)3)20(29)26-23-28-27-21(33-23)15-9-10-17-18(11-15)32-12-31-17/h5-11,13,19H,4,12H2,1-3H3,(H2,24,25,30)(H,26,28,29). The number of nitrogens with zero attached hydrogens (tertiary/aromatic N) is 2. The molecule has 9 nitrogen and oxygen atoms in total. The number of urea groups is 1. The third-order valence-electron chi connectivity index (χ3n) is 5.45. The first-order chi connectivity index (χ1) is 15.9. The number of aromatic nitrogens is 2. The number of para-hydroxylation sites is 1. The highest BCUT2D eigenvalue weighted by atomic mass is 32.1. The van der Waals surface area contributed by atoms with Gasteiger partial charge in [-0.1, -0.05) is 49.8 Å². The van der Waals surface area contributed by atoms with Gasteiger partial charge in [0.1, 0.15) is 11.0 Å². The molecular weight excluding hydrogens is 442 g/mol. The summed E-state index contributed by atoms with van der Waals surface area (Å²) in [6, 6.07) is 11.8. The molecule has 2 atom stereocenters. The van der Waals surface area contributed by atoms with Crippen LogP contribution in [0.15, 0.2) is 42.5 Å². The Labute approximate surface area is 195 Å². The van der Waals surface area contributed by atoms with Crippen molar-refractivity contribution in [1.82, 2.24) is 15.5 Å². The Bertz CT molecular complexity index is 1170. The summed E-state index contributed by atoms with van der Waals surface area (Å²) < 4.78 is 10.7. The lowest BCUT2D eigenvalue weighted by Crippen LogP contribution is -2.49. The van der Waals surface area contributed by atoms with Gasteiger partial charge in [0, 0.05) is 11.3 Å². The zero-order chi connectivity index (χ0) is 23.4. The monoisotopic (exact) mass is 467 g/mol. The fraction of sp³-hybridized carbons (Fsp3) is 0.304. The number of fused-ring (bicyclic) bond motifs is 1. The molecule has 33 heavy (non-hydrogen) atoms. The first-order valence-corrected chi connectivity index (χ1v) is 11.4. The van der Waals surface area contributed by atoms with E-state index in [1.165, 1.54) is 11.3 Å². The van der Waals surface area contributed by atoms with Crippen LogP contribution in [0.5, 0.6) is 11.5 Å². The van der Waals surface area contributed by atoms with Crippen LogP contribution in [0.25, 0.3) is 10.6 Å². The highest BCUT2D eigenvalue weighted by Crippen LogP contribution is 2.37. The summed E-state index contributed by atoms with van der Waals surface area (Å²) >= 11 is 1.24. The molecule has 0 radical (unpaired) electrons. The molecule has 0 fully saturated rings. The van der Waals surface area contributed by atoms with Crippen LogP contribution in [0.2, 0.25) is 0 Å². The van der Waals surface area contributed by atoms with Crippen LogP contribution in [-0.2, 0) is 4.79 Å². The molecule has 0 spiro atoms. The molecule has 2 heterocycles. The van der Waals surface area contributed by atoms with E-state index < -0.39 is 12.1 Å². The van der Waals surface area contributed by atoms with Gasteiger partial charge in [-0.25, -0.2) is 4.79 Å². The fourth-order valence-corrected chi connectivity index (χ4v) is 4.06. The molecule has 10 heteroatoms. The van der Waals surface area contributed by atoms with Crippen LogP contribution in [-0.4, -0.2) is 35.0 Å². The molecule has 0 saturated carbocycles. The SMILES string of the molecule is CCC(C)C(NC(=O)Nc1ccccc1C)C(=O)Nc1nnc(-c2ccc3c(c2)OCO3)s1. The summed E-state index contributed by atoms with van der Waals surface area (Å²) in [6.45, 7) is 5.98. The first-order valence-electron chi connectivity index (χ1n) is 10.6. The minimum Gasteiger partial charge on any atom is -0.454 e. The minimum atomic E-state index is -0.739. The van der Waals surface area contributed by atoms with Crippen molar-refractivity contribution in [3.8, 4) is 22.1 Å². The normalized spacial score (nSPS) is 13.8. The van der Waals surface area contributed by atoms with Gasteiger partial charge in [0.05, 0.1) is 0 Å². The lowest BCUT2D eigenvalue weighted by molar-refractivity contribution is -0.119. The summed E-state index contributed by atoms with van der Waals surface area (Å²) in [4.78, 5) is 25.6. The number of anilines is 2. The molecule has 0 bridgehead atoms. The number of nitrogens with one attached hydrogen (secondary N) is 3. The number of ether oxygens (including phenoxy) is 2. The van der Waals surface area contributed by atoms with E-state index in [9.17, 15) is 9.59 Å². The van der Waals surface area contributed by atoms with E-state index in [-0.39, 0.29) is 18.6 Å². The average molecular weight is 468 g/mol. The molecule has 3 aromatic rings. The topological polar surface area (TPSA) is 114 Å². The van der Waals surface area contributed by atoms with E-state index >= 15 is 0 Å². The second kappa shape index (κ2) is 9.86. The molecule has 172 valence electrons. The lowest BCUT2D eigenvalue weighted by atomic mass is 9.98. The van der Waals surface area contributed by atoms with Crippen LogP contribution in [0.4, 0.5) is 15.6 Å². The quantitative estimate of drug-likeness (QED) is 0.474. The molecule has 3 amide bonds. The number of carbonyl (C=O) groups excluding carboxylic acids is 2. The number of rotatable bonds is 7. The number of carbonyl (C=O) groups is 2. The minimum absolute atomic E-state index is 0.0890. The van der Waals surface area contributed by atoms with Crippen LogP contribution < -0.4 is 25.4 Å². The van der Waals surface area contributed by atoms with Gasteiger partial charge in [-0.2, -0.15) is 0 Å². The maximum Gasteiger partial charge on any atom is 0.319 e. The van der Waals surface area contributed by atoms with Crippen molar-refractivity contribution >= 4 is 34.1 Å². The van der Waals surface area contributed by atoms with E-state index in [0.29, 0.717) is 33.7 Å². The largest absolute Gasteiger partial charge is 0.454 e. The van der Waals surface area contributed by atoms with Gasteiger partial charge in [-0.15, -0.1) is 10.2 Å². The van der Waals surface area contributed by atoms with Gasteiger partial charge in [0.15, 0.2) is 11.5 Å². The number of benzene rings is 2. The summed E-state index contributed by atoms with van der Waals surface area (Å²) in [6.07, 6.45) is 0.710. The van der Waals surface area contributed by atoms with Crippen LogP contribution in [0, 0.1) is 12.8 Å². The summed E-state index contributed by atoms with van der Waals surface area (Å²) in [5.74, 6) is 0.892. The van der Waals surface area contributed by atoms with Crippen molar-refractivity contribution in [2.45, 2.75) is 33.2 Å². The molecule has 4 rings (SSSR count). The predicted octanol–water partition coefficient (Wildman–Crippen LogP) is 4.42. The molecule has 2 aromatic carbocycles. The lowest BCUT2D eigenvalue weighted by Gasteiger charge is -2.23. The summed E-state index contributed by atoms with van der Waals surface area (Å²) in [5.41, 5.74) is 2.43. The van der Waals surface area contributed by atoms with Gasteiger partial charge in [-0.05, 0) is 42.7 Å². The Kier molecular flexibility index (Phi) is 6.74. The van der Waals surface area contributed by atoms with Gasteiger partial charge < -0.3 is 20.1 Å². The zero-order valence-electron chi connectivity index (χ0n) is 18.5. The zero-order valence-corrected chi connectivity index (χ0v) is 19.4. The average Bonchev–Trinajstić information content (AvgIpc) is 3.47. The molecule has 2 unspecified atom stereocenters. The Balaban J connectivity index is 1.43. The maximum atomic E-state index is 13.0. The molecule has 3 N–H and O–H groups in total. The van der Waals surface area contributed by atoms with Crippen molar-refractivity contribution in [1.29, 1.82) is 0 Å². The third kappa shape index (κ3) is 5.23. The van der Waals surface area contributed by atoms with Gasteiger partial charge in [0.25, 0.3) is 0 Å². The van der Waals surface area contributed by atoms with E-state index in [1.54, 1.807) is 0 Å². The van der Waals surface area contributed by atoms with Crippen LogP contribution in [0.1, 0.15) is 25.8 Å². The van der Waals surface area contributed by atoms with Crippen molar-refractivity contribution in [3.05, 3.63) is 48.0 Å². The first kappa shape index (κ1) is 22.5. The van der Waals surface area contributed by atoms with Crippen molar-refractivity contribution in [2.75, 3.05) is 17.4 Å². The highest BCUT2D eigenvalue weighted by Gasteiger charge is 2.27. The van der Waals surface area contributed by atoms with Gasteiger partial charge >= 0.3 is 6.03 Å². The van der Waals surface area contributed by atoms with Crippen molar-refractivity contribution < 1.29 is 19.1 Å². The molecular formula is C23H25N5O4S. The molecule has 0 saturated heterocycles. The van der Waals surface area contributed by atoms with Crippen molar-refractivity contribution in [3.63, 3.8) is 0 Å². The van der Waals surface area contributed by atoms with Crippen molar-refractivity contribution in [2.24, 2.45) is 5.92 Å². The van der Waals surface area contributed by atoms with Crippen LogP contribution >= 0.6 is 11.3 Å². The van der Waals surface area contributed by atoms with E-state index in [1.807, 2.05) is 63.2 Å². The summed E-state index contributed by atoms with van der Waals surface area (Å²) in [5, 5.41) is 17.6. The second-order valence-corrected chi connectivity index (χ2v) is 8.72. The number of amides is 3. The molecule has 1 aromatic heterocycles. The maximum absolute atomic E-state index is 13.0. The van der Waals surface area contributed by atoms with E-state index in [4.69, 9.17) is 9.47 Å². The van der Waals surface area contributed by atoms with Gasteiger partial charge in [0.2, 0.25) is 17.8 Å². The predicted molar refractivity (Wildman–Crippen MR) is 127 cm³/mol. The Morgan fingerprint density at radius 2 is 1.88 bits per heavy atom. The fourth-order valence-electron chi connectivity index (χ4n) is 3.32. The number of hydrogen-bond donors (Lipinski definition) is 3. The second-order valence-electron chi connectivity index (χ2n) is 7.75. The van der Waals surface area contributed by atoms with Crippen LogP contribution in [0.3, 0.4) is 0 Å². The molecule has 0 aliphatic carbocycles. The Morgan fingerprint density at radius 3 is 2.67 bits per heavy atom. The van der Waals surface area contributed by atoms with Gasteiger partial charge in [-0.3, -0.25) is 10.1 Å². The number of aryl methyl sites for hydroxylation is 1. The highest BCUT2D eigenvalue weighted by molar-refractivity contribution is 7.18. The Morgan fingerprint density at radius 1 is 1.09 bits per heavy atom. The smallest absolute Gasteiger partial charge is 0.319 e. The summed E-state index contributed by atoms with van der Waals surface area (Å²) in [7, 11) is 0. The van der Waals surface area contributed by atoms with E-state index in [2.05, 4.69) is 26.1 Å². The molecule has 1 aliphatic rings. The van der Waals surface area contributed by atoms with E-state index in [0.717, 1.165) is 11.1 Å². The number of hydrogen-bond acceptors (Lipinski definition) is 7.